The number of benzene rings is 1. The first-order valence-electron chi connectivity index (χ1n) is 5.93. The summed E-state index contributed by atoms with van der Waals surface area (Å²) in [5.74, 6) is 1.36. The van der Waals surface area contributed by atoms with Gasteiger partial charge in [0.05, 0.1) is 6.61 Å². The zero-order valence-corrected chi connectivity index (χ0v) is 10.4. The van der Waals surface area contributed by atoms with Gasteiger partial charge in [-0.25, -0.2) is 0 Å². The maximum atomic E-state index is 5.63. The summed E-state index contributed by atoms with van der Waals surface area (Å²) < 4.78 is 10.1. The third-order valence-electron chi connectivity index (χ3n) is 2.65. The van der Waals surface area contributed by atoms with E-state index in [1.165, 1.54) is 5.56 Å². The smallest absolute Gasteiger partial charge is 0.226 e. The minimum atomic E-state index is 0.608. The van der Waals surface area contributed by atoms with E-state index in [0.29, 0.717) is 24.7 Å². The van der Waals surface area contributed by atoms with Crippen molar-refractivity contribution in [2.45, 2.75) is 19.3 Å². The molecule has 0 saturated carbocycles. The number of nitrogen functional groups attached to an aromatic ring is 1. The minimum absolute atomic E-state index is 0.608. The third kappa shape index (κ3) is 3.56. The Morgan fingerprint density at radius 3 is 2.67 bits per heavy atom. The Morgan fingerprint density at radius 2 is 1.94 bits per heavy atom. The van der Waals surface area contributed by atoms with Gasteiger partial charge >= 0.3 is 0 Å². The zero-order chi connectivity index (χ0) is 12.8. The predicted octanol–water partition coefficient (Wildman–Crippen LogP) is 1.63. The van der Waals surface area contributed by atoms with E-state index in [0.717, 1.165) is 18.5 Å². The van der Waals surface area contributed by atoms with Gasteiger partial charge < -0.3 is 15.0 Å². The molecule has 0 saturated heterocycles. The fourth-order valence-corrected chi connectivity index (χ4v) is 1.62. The number of aromatic nitrogens is 2. The lowest BCUT2D eigenvalue weighted by molar-refractivity contribution is 0.199. The summed E-state index contributed by atoms with van der Waals surface area (Å²) in [6, 6.07) is 7.81. The van der Waals surface area contributed by atoms with E-state index in [1.807, 2.05) is 24.3 Å². The Morgan fingerprint density at radius 1 is 1.17 bits per heavy atom. The molecule has 5 heteroatoms. The fourth-order valence-electron chi connectivity index (χ4n) is 1.62. The quantitative estimate of drug-likeness (QED) is 0.785. The van der Waals surface area contributed by atoms with Crippen LogP contribution in [0.1, 0.15) is 17.3 Å². The Bertz CT molecular complexity index is 479. The summed E-state index contributed by atoms with van der Waals surface area (Å²) in [4.78, 5) is 4.30. The van der Waals surface area contributed by atoms with Crippen LogP contribution in [0.25, 0.3) is 0 Å². The first-order valence-corrected chi connectivity index (χ1v) is 5.93. The van der Waals surface area contributed by atoms with Gasteiger partial charge in [0.1, 0.15) is 0 Å². The monoisotopic (exact) mass is 247 g/mol. The van der Waals surface area contributed by atoms with Crippen LogP contribution in [0, 0.1) is 0 Å². The minimum Gasteiger partial charge on any atom is -0.399 e. The van der Waals surface area contributed by atoms with E-state index < -0.39 is 0 Å². The average molecular weight is 247 g/mol. The molecule has 0 fully saturated rings. The summed E-state index contributed by atoms with van der Waals surface area (Å²) in [6.07, 6.45) is 2.29. The van der Waals surface area contributed by atoms with Gasteiger partial charge in [-0.1, -0.05) is 17.3 Å². The second-order valence-corrected chi connectivity index (χ2v) is 4.09. The highest BCUT2D eigenvalue weighted by Crippen LogP contribution is 2.09. The molecule has 0 aliphatic rings. The third-order valence-corrected chi connectivity index (χ3v) is 2.65. The Labute approximate surface area is 106 Å². The summed E-state index contributed by atoms with van der Waals surface area (Å²) in [7, 11) is 1.65. The molecule has 0 unspecified atom stereocenters. The Balaban J connectivity index is 1.86. The van der Waals surface area contributed by atoms with Crippen LogP contribution in [0.5, 0.6) is 0 Å². The van der Waals surface area contributed by atoms with Gasteiger partial charge in [-0.15, -0.1) is 0 Å². The lowest BCUT2D eigenvalue weighted by atomic mass is 10.1. The van der Waals surface area contributed by atoms with Gasteiger partial charge in [0.2, 0.25) is 5.89 Å². The zero-order valence-electron chi connectivity index (χ0n) is 10.4. The Hall–Kier alpha value is -1.88. The van der Waals surface area contributed by atoms with Gasteiger partial charge in [-0.05, 0) is 24.1 Å². The van der Waals surface area contributed by atoms with Crippen molar-refractivity contribution >= 4 is 5.69 Å². The number of hydrogen-bond donors (Lipinski definition) is 1. The number of ether oxygens (including phenoxy) is 1. The van der Waals surface area contributed by atoms with Crippen LogP contribution in [-0.4, -0.2) is 23.9 Å². The molecule has 0 spiro atoms. The molecule has 1 aromatic carbocycles. The van der Waals surface area contributed by atoms with Crippen LogP contribution in [-0.2, 0) is 24.0 Å². The van der Waals surface area contributed by atoms with Gasteiger partial charge in [0.15, 0.2) is 5.82 Å². The molecule has 0 atom stereocenters. The van der Waals surface area contributed by atoms with Crippen LogP contribution in [0.3, 0.4) is 0 Å². The van der Waals surface area contributed by atoms with Gasteiger partial charge in [0.25, 0.3) is 0 Å². The molecule has 96 valence electrons. The molecule has 1 aromatic heterocycles. The van der Waals surface area contributed by atoms with Crippen molar-refractivity contribution in [3.63, 3.8) is 0 Å². The second kappa shape index (κ2) is 6.16. The fraction of sp³-hybridized carbons (Fsp3) is 0.385. The Kier molecular flexibility index (Phi) is 4.30. The number of rotatable bonds is 6. The highest BCUT2D eigenvalue weighted by atomic mass is 16.5. The van der Waals surface area contributed by atoms with E-state index in [-0.39, 0.29) is 0 Å². The molecule has 2 aromatic rings. The molecule has 0 radical (unpaired) electrons. The highest BCUT2D eigenvalue weighted by molar-refractivity contribution is 5.39. The van der Waals surface area contributed by atoms with Crippen LogP contribution < -0.4 is 5.73 Å². The van der Waals surface area contributed by atoms with Crippen molar-refractivity contribution < 1.29 is 9.26 Å². The highest BCUT2D eigenvalue weighted by Gasteiger charge is 2.06. The maximum Gasteiger partial charge on any atom is 0.226 e. The summed E-state index contributed by atoms with van der Waals surface area (Å²) >= 11 is 0. The summed E-state index contributed by atoms with van der Waals surface area (Å²) in [6.45, 7) is 0.608. The average Bonchev–Trinajstić information content (AvgIpc) is 2.84. The van der Waals surface area contributed by atoms with Crippen molar-refractivity contribution in [1.29, 1.82) is 0 Å². The summed E-state index contributed by atoms with van der Waals surface area (Å²) in [5.41, 5.74) is 7.62. The van der Waals surface area contributed by atoms with Crippen molar-refractivity contribution in [3.05, 3.63) is 41.5 Å². The van der Waals surface area contributed by atoms with Gasteiger partial charge in [-0.3, -0.25) is 0 Å². The number of nitrogens with zero attached hydrogens (tertiary/aromatic N) is 2. The predicted molar refractivity (Wildman–Crippen MR) is 68.1 cm³/mol. The number of hydrogen-bond acceptors (Lipinski definition) is 5. The van der Waals surface area contributed by atoms with E-state index in [9.17, 15) is 0 Å². The largest absolute Gasteiger partial charge is 0.399 e. The molecule has 18 heavy (non-hydrogen) atoms. The second-order valence-electron chi connectivity index (χ2n) is 4.09. The van der Waals surface area contributed by atoms with Crippen LogP contribution >= 0.6 is 0 Å². The van der Waals surface area contributed by atoms with Gasteiger partial charge in [0, 0.05) is 25.6 Å². The molecule has 0 aliphatic heterocycles. The molecule has 2 rings (SSSR count). The van der Waals surface area contributed by atoms with Crippen LogP contribution in [0.4, 0.5) is 5.69 Å². The van der Waals surface area contributed by atoms with E-state index in [1.54, 1.807) is 7.11 Å². The molecular weight excluding hydrogens is 230 g/mol. The lowest BCUT2D eigenvalue weighted by Gasteiger charge is -1.98. The summed E-state index contributed by atoms with van der Waals surface area (Å²) in [5, 5.41) is 3.89. The molecule has 1 heterocycles. The van der Waals surface area contributed by atoms with Gasteiger partial charge in [-0.2, -0.15) is 4.98 Å². The number of anilines is 1. The first-order chi connectivity index (χ1) is 8.78. The van der Waals surface area contributed by atoms with Crippen LogP contribution in [0.15, 0.2) is 28.8 Å². The molecule has 0 amide bonds. The number of nitrogens with two attached hydrogens (primary N) is 1. The van der Waals surface area contributed by atoms with E-state index in [4.69, 9.17) is 15.0 Å². The molecule has 2 N–H and O–H groups in total. The van der Waals surface area contributed by atoms with Crippen molar-refractivity contribution in [2.24, 2.45) is 0 Å². The maximum absolute atomic E-state index is 5.63. The van der Waals surface area contributed by atoms with Crippen molar-refractivity contribution in [3.8, 4) is 0 Å². The van der Waals surface area contributed by atoms with E-state index in [2.05, 4.69) is 10.1 Å². The number of methoxy groups -OCH3 is 1. The molecule has 5 nitrogen and oxygen atoms in total. The molecule has 0 bridgehead atoms. The number of aryl methyl sites for hydroxylation is 2. The molecule has 0 aliphatic carbocycles. The topological polar surface area (TPSA) is 74.2 Å². The van der Waals surface area contributed by atoms with E-state index >= 15 is 0 Å². The standard InChI is InChI=1S/C13H17N3O2/c1-17-9-8-12-15-13(18-16-12)7-4-10-2-5-11(14)6-3-10/h2-3,5-6H,4,7-9,14H2,1H3. The lowest BCUT2D eigenvalue weighted by Crippen LogP contribution is -1.97. The first kappa shape index (κ1) is 12.6. The van der Waals surface area contributed by atoms with Crippen LogP contribution in [0.2, 0.25) is 0 Å². The SMILES string of the molecule is COCCc1noc(CCc2ccc(N)cc2)n1. The normalized spacial score (nSPS) is 10.7. The molecular formula is C13H17N3O2. The van der Waals surface area contributed by atoms with Crippen molar-refractivity contribution in [1.82, 2.24) is 10.1 Å². The van der Waals surface area contributed by atoms with Crippen molar-refractivity contribution in [2.75, 3.05) is 19.5 Å².